The molecule has 0 saturated heterocycles. The summed E-state index contributed by atoms with van der Waals surface area (Å²) in [5, 5.41) is 0. The monoisotopic (exact) mass is 320 g/mol. The Bertz CT molecular complexity index is 631. The fourth-order valence-electron chi connectivity index (χ4n) is 1.90. The molecule has 5 heteroatoms. The summed E-state index contributed by atoms with van der Waals surface area (Å²) in [5.41, 5.74) is 1.50. The van der Waals surface area contributed by atoms with E-state index in [1.165, 1.54) is 19.2 Å². The highest BCUT2D eigenvalue weighted by atomic mass is 32.2. The van der Waals surface area contributed by atoms with Gasteiger partial charge in [-0.2, -0.15) is 11.8 Å². The van der Waals surface area contributed by atoms with Crippen LogP contribution in [0.1, 0.15) is 15.9 Å². The van der Waals surface area contributed by atoms with Crippen LogP contribution in [0.3, 0.4) is 0 Å². The van der Waals surface area contributed by atoms with Crippen molar-refractivity contribution >= 4 is 18.0 Å². The second-order valence-corrected chi connectivity index (χ2v) is 5.66. The number of thioether (sulfide) groups is 1. The van der Waals surface area contributed by atoms with Crippen molar-refractivity contribution < 1.29 is 18.7 Å². The molecular weight excluding hydrogens is 303 g/mol. The van der Waals surface area contributed by atoms with Crippen LogP contribution in [0, 0.1) is 5.82 Å². The normalized spacial score (nSPS) is 10.3. The summed E-state index contributed by atoms with van der Waals surface area (Å²) in [4.78, 5) is 10.7. The Morgan fingerprint density at radius 3 is 2.77 bits per heavy atom. The van der Waals surface area contributed by atoms with E-state index in [2.05, 4.69) is 0 Å². The number of rotatable bonds is 8. The van der Waals surface area contributed by atoms with Crippen LogP contribution in [0.2, 0.25) is 0 Å². The van der Waals surface area contributed by atoms with Gasteiger partial charge in [0, 0.05) is 17.1 Å². The summed E-state index contributed by atoms with van der Waals surface area (Å²) in [6.07, 6.45) is 0.765. The molecule has 0 bridgehead atoms. The van der Waals surface area contributed by atoms with Crippen LogP contribution < -0.4 is 9.47 Å². The number of carbonyl (C=O) groups excluding carboxylic acids is 1. The van der Waals surface area contributed by atoms with Crippen LogP contribution in [0.4, 0.5) is 4.39 Å². The Kier molecular flexibility index (Phi) is 6.27. The lowest BCUT2D eigenvalue weighted by atomic mass is 10.2. The third-order valence-electron chi connectivity index (χ3n) is 2.97. The van der Waals surface area contributed by atoms with Gasteiger partial charge in [-0.25, -0.2) is 4.39 Å². The molecule has 3 nitrogen and oxygen atoms in total. The molecule has 2 aromatic rings. The molecule has 2 aromatic carbocycles. The maximum absolute atomic E-state index is 13.0. The van der Waals surface area contributed by atoms with Gasteiger partial charge < -0.3 is 9.47 Å². The molecule has 116 valence electrons. The quantitative estimate of drug-likeness (QED) is 0.545. The highest BCUT2D eigenvalue weighted by Crippen LogP contribution is 2.27. The molecular formula is C17H17FO3S. The Morgan fingerprint density at radius 1 is 1.18 bits per heavy atom. The van der Waals surface area contributed by atoms with E-state index >= 15 is 0 Å². The van der Waals surface area contributed by atoms with Crippen LogP contribution in [-0.4, -0.2) is 25.8 Å². The topological polar surface area (TPSA) is 35.5 Å². The molecule has 0 fully saturated rings. The molecule has 22 heavy (non-hydrogen) atoms. The van der Waals surface area contributed by atoms with E-state index < -0.39 is 0 Å². The highest BCUT2D eigenvalue weighted by Gasteiger charge is 2.05. The van der Waals surface area contributed by atoms with E-state index in [0.29, 0.717) is 23.7 Å². The summed E-state index contributed by atoms with van der Waals surface area (Å²) in [7, 11) is 1.54. The highest BCUT2D eigenvalue weighted by molar-refractivity contribution is 7.98. The zero-order chi connectivity index (χ0) is 15.8. The van der Waals surface area contributed by atoms with Crippen molar-refractivity contribution in [3.8, 4) is 11.5 Å². The molecule has 0 N–H and O–H groups in total. The predicted molar refractivity (Wildman–Crippen MR) is 86.4 cm³/mol. The fourth-order valence-corrected chi connectivity index (χ4v) is 2.66. The van der Waals surface area contributed by atoms with Crippen LogP contribution >= 0.6 is 11.8 Å². The minimum atomic E-state index is -0.214. The summed E-state index contributed by atoms with van der Waals surface area (Å²) in [6, 6.07) is 11.6. The second-order valence-electron chi connectivity index (χ2n) is 4.56. The van der Waals surface area contributed by atoms with Crippen molar-refractivity contribution in [2.45, 2.75) is 5.75 Å². The lowest BCUT2D eigenvalue weighted by Gasteiger charge is -2.11. The third kappa shape index (κ3) is 4.77. The van der Waals surface area contributed by atoms with Gasteiger partial charge in [0.2, 0.25) is 0 Å². The number of hydrogen-bond donors (Lipinski definition) is 0. The Hall–Kier alpha value is -2.01. The Balaban J connectivity index is 1.78. The minimum Gasteiger partial charge on any atom is -0.493 e. The van der Waals surface area contributed by atoms with Gasteiger partial charge >= 0.3 is 0 Å². The smallest absolute Gasteiger partial charge is 0.161 e. The van der Waals surface area contributed by atoms with Gasteiger partial charge in [0.25, 0.3) is 0 Å². The maximum atomic E-state index is 13.0. The van der Waals surface area contributed by atoms with Crippen LogP contribution in [0.25, 0.3) is 0 Å². The predicted octanol–water partition coefficient (Wildman–Crippen LogP) is 3.96. The number of benzene rings is 2. The van der Waals surface area contributed by atoms with Gasteiger partial charge in [-0.3, -0.25) is 4.79 Å². The van der Waals surface area contributed by atoms with E-state index in [-0.39, 0.29) is 5.82 Å². The third-order valence-corrected chi connectivity index (χ3v) is 3.96. The fraction of sp³-hybridized carbons (Fsp3) is 0.235. The van der Waals surface area contributed by atoms with Crippen molar-refractivity contribution in [2.24, 2.45) is 0 Å². The average molecular weight is 320 g/mol. The minimum absolute atomic E-state index is 0.214. The lowest BCUT2D eigenvalue weighted by molar-refractivity contribution is 0.112. The van der Waals surface area contributed by atoms with Gasteiger partial charge in [-0.1, -0.05) is 12.1 Å². The number of halogens is 1. The van der Waals surface area contributed by atoms with Gasteiger partial charge in [0.05, 0.1) is 13.7 Å². The molecule has 0 aromatic heterocycles. The first kappa shape index (κ1) is 16.4. The van der Waals surface area contributed by atoms with Crippen LogP contribution in [-0.2, 0) is 5.75 Å². The summed E-state index contributed by atoms with van der Waals surface area (Å²) < 4.78 is 23.9. The number of hydrogen-bond acceptors (Lipinski definition) is 4. The average Bonchev–Trinajstić information content (AvgIpc) is 2.54. The summed E-state index contributed by atoms with van der Waals surface area (Å²) in [5.74, 6) is 2.45. The Labute approximate surface area is 133 Å². The second kappa shape index (κ2) is 8.44. The molecule has 0 saturated carbocycles. The zero-order valence-corrected chi connectivity index (χ0v) is 13.1. The molecule has 0 heterocycles. The number of aldehydes is 1. The zero-order valence-electron chi connectivity index (χ0n) is 12.3. The van der Waals surface area contributed by atoms with Gasteiger partial charge in [0.1, 0.15) is 12.1 Å². The van der Waals surface area contributed by atoms with E-state index in [1.54, 1.807) is 36.0 Å². The molecule has 0 aliphatic carbocycles. The van der Waals surface area contributed by atoms with E-state index in [1.807, 2.05) is 6.07 Å². The lowest BCUT2D eigenvalue weighted by Crippen LogP contribution is -2.02. The largest absolute Gasteiger partial charge is 0.493 e. The molecule has 0 radical (unpaired) electrons. The SMILES string of the molecule is COc1cc(C=O)ccc1OCCSCc1cccc(F)c1. The van der Waals surface area contributed by atoms with Crippen molar-refractivity contribution in [3.05, 3.63) is 59.4 Å². The van der Waals surface area contributed by atoms with Crippen molar-refractivity contribution in [1.82, 2.24) is 0 Å². The molecule has 0 atom stereocenters. The first-order chi connectivity index (χ1) is 10.7. The van der Waals surface area contributed by atoms with Gasteiger partial charge in [-0.05, 0) is 35.9 Å². The molecule has 0 unspecified atom stereocenters. The van der Waals surface area contributed by atoms with Crippen LogP contribution in [0.15, 0.2) is 42.5 Å². The first-order valence-electron chi connectivity index (χ1n) is 6.81. The summed E-state index contributed by atoms with van der Waals surface area (Å²) in [6.45, 7) is 0.511. The standard InChI is InChI=1S/C17H17FO3S/c1-20-17-10-13(11-19)5-6-16(17)21-7-8-22-12-14-3-2-4-15(18)9-14/h2-6,9-11H,7-8,12H2,1H3. The van der Waals surface area contributed by atoms with Crippen molar-refractivity contribution in [3.63, 3.8) is 0 Å². The van der Waals surface area contributed by atoms with Crippen LogP contribution in [0.5, 0.6) is 11.5 Å². The van der Waals surface area contributed by atoms with Crippen molar-refractivity contribution in [1.29, 1.82) is 0 Å². The van der Waals surface area contributed by atoms with E-state index in [9.17, 15) is 9.18 Å². The number of methoxy groups -OCH3 is 1. The first-order valence-corrected chi connectivity index (χ1v) is 7.96. The number of carbonyl (C=O) groups is 1. The van der Waals surface area contributed by atoms with Crippen molar-refractivity contribution in [2.75, 3.05) is 19.5 Å². The summed E-state index contributed by atoms with van der Waals surface area (Å²) >= 11 is 1.67. The molecule has 2 rings (SSSR count). The van der Waals surface area contributed by atoms with Gasteiger partial charge in [-0.15, -0.1) is 0 Å². The maximum Gasteiger partial charge on any atom is 0.161 e. The van der Waals surface area contributed by atoms with Gasteiger partial charge in [0.15, 0.2) is 11.5 Å². The molecule has 0 aliphatic rings. The van der Waals surface area contributed by atoms with E-state index in [0.717, 1.165) is 23.4 Å². The molecule has 0 aliphatic heterocycles. The molecule has 0 spiro atoms. The Morgan fingerprint density at radius 2 is 2.05 bits per heavy atom. The van der Waals surface area contributed by atoms with E-state index in [4.69, 9.17) is 9.47 Å². The number of ether oxygens (including phenoxy) is 2. The molecule has 0 amide bonds.